The van der Waals surface area contributed by atoms with Gasteiger partial charge in [-0.3, -0.25) is 9.78 Å². The van der Waals surface area contributed by atoms with Crippen LogP contribution in [0.4, 0.5) is 10.1 Å². The fourth-order valence-corrected chi connectivity index (χ4v) is 1.45. The maximum atomic E-state index is 12.9. The first kappa shape index (κ1) is 13.7. The van der Waals surface area contributed by atoms with Crippen LogP contribution in [0.25, 0.3) is 0 Å². The van der Waals surface area contributed by atoms with Crippen LogP contribution in [0.2, 0.25) is 0 Å². The minimum absolute atomic E-state index is 0.0111. The average Bonchev–Trinajstić information content (AvgIpc) is 2.46. The average molecular weight is 272 g/mol. The summed E-state index contributed by atoms with van der Waals surface area (Å²) in [5.41, 5.74) is 3.74. The van der Waals surface area contributed by atoms with Gasteiger partial charge in [-0.05, 0) is 35.9 Å². The van der Waals surface area contributed by atoms with E-state index in [-0.39, 0.29) is 18.3 Å². The van der Waals surface area contributed by atoms with Gasteiger partial charge in [0.2, 0.25) is 0 Å². The van der Waals surface area contributed by atoms with Gasteiger partial charge in [0.25, 0.3) is 5.91 Å². The van der Waals surface area contributed by atoms with Crippen LogP contribution in [0.1, 0.15) is 5.56 Å². The largest absolute Gasteiger partial charge is 0.376 e. The summed E-state index contributed by atoms with van der Waals surface area (Å²) in [6.07, 6.45) is 4.78. The number of anilines is 1. The Morgan fingerprint density at radius 3 is 2.85 bits per heavy atom. The molecule has 0 radical (unpaired) electrons. The van der Waals surface area contributed by atoms with E-state index in [1.165, 1.54) is 18.3 Å². The Labute approximate surface area is 115 Å². The van der Waals surface area contributed by atoms with Gasteiger partial charge in [0.1, 0.15) is 5.82 Å². The van der Waals surface area contributed by atoms with Gasteiger partial charge < -0.3 is 5.32 Å². The van der Waals surface area contributed by atoms with Crippen LogP contribution >= 0.6 is 0 Å². The molecule has 1 aromatic carbocycles. The maximum absolute atomic E-state index is 12.9. The molecule has 0 spiro atoms. The second kappa shape index (κ2) is 6.98. The molecule has 0 saturated carbocycles. The molecule has 2 aromatic rings. The number of nitrogens with one attached hydrogen (secondary N) is 2. The van der Waals surface area contributed by atoms with E-state index in [4.69, 9.17) is 0 Å². The second-order valence-electron chi connectivity index (χ2n) is 3.94. The highest BCUT2D eigenvalue weighted by Crippen LogP contribution is 2.08. The summed E-state index contributed by atoms with van der Waals surface area (Å²) < 4.78 is 12.9. The standard InChI is InChI=1S/C14H13FN4O/c15-12-2-1-3-13(8-12)17-10-14(20)19-18-9-11-4-6-16-7-5-11/h1-9,17H,10H2,(H,19,20)/b18-9+. The summed E-state index contributed by atoms with van der Waals surface area (Å²) >= 11 is 0. The molecule has 0 saturated heterocycles. The van der Waals surface area contributed by atoms with Gasteiger partial charge in [-0.25, -0.2) is 9.82 Å². The van der Waals surface area contributed by atoms with Crippen molar-refractivity contribution in [2.45, 2.75) is 0 Å². The molecule has 2 N–H and O–H groups in total. The smallest absolute Gasteiger partial charge is 0.259 e. The van der Waals surface area contributed by atoms with Gasteiger partial charge in [-0.15, -0.1) is 0 Å². The first-order chi connectivity index (χ1) is 9.74. The lowest BCUT2D eigenvalue weighted by Crippen LogP contribution is -2.25. The van der Waals surface area contributed by atoms with Gasteiger partial charge in [0.15, 0.2) is 0 Å². The molecule has 0 atom stereocenters. The molecule has 0 unspecified atom stereocenters. The summed E-state index contributed by atoms with van der Waals surface area (Å²) in [6, 6.07) is 9.42. The molecule has 0 fully saturated rings. The molecule has 102 valence electrons. The normalized spacial score (nSPS) is 10.4. The van der Waals surface area contributed by atoms with E-state index < -0.39 is 0 Å². The monoisotopic (exact) mass is 272 g/mol. The van der Waals surface area contributed by atoms with Gasteiger partial charge >= 0.3 is 0 Å². The first-order valence-corrected chi connectivity index (χ1v) is 5.95. The topological polar surface area (TPSA) is 66.4 Å². The van der Waals surface area contributed by atoms with Crippen molar-refractivity contribution in [1.29, 1.82) is 0 Å². The Hall–Kier alpha value is -2.76. The van der Waals surface area contributed by atoms with E-state index in [0.717, 1.165) is 5.56 Å². The van der Waals surface area contributed by atoms with E-state index in [1.54, 1.807) is 36.7 Å². The Bertz CT molecular complexity index is 601. The molecule has 0 bridgehead atoms. The van der Waals surface area contributed by atoms with Crippen molar-refractivity contribution in [3.63, 3.8) is 0 Å². The molecule has 2 rings (SSSR count). The fourth-order valence-electron chi connectivity index (χ4n) is 1.45. The summed E-state index contributed by atoms with van der Waals surface area (Å²) in [6.45, 7) is 0.0111. The number of rotatable bonds is 5. The van der Waals surface area contributed by atoms with Gasteiger partial charge in [0, 0.05) is 18.1 Å². The number of benzene rings is 1. The molecule has 0 aliphatic rings. The highest BCUT2D eigenvalue weighted by molar-refractivity contribution is 5.84. The number of nitrogens with zero attached hydrogens (tertiary/aromatic N) is 2. The maximum Gasteiger partial charge on any atom is 0.259 e. The molecule has 0 aliphatic heterocycles. The molecule has 6 heteroatoms. The Kier molecular flexibility index (Phi) is 4.77. The molecule has 5 nitrogen and oxygen atoms in total. The number of halogens is 1. The van der Waals surface area contributed by atoms with Gasteiger partial charge in [-0.1, -0.05) is 6.07 Å². The molecule has 1 aromatic heterocycles. The quantitative estimate of drug-likeness (QED) is 0.644. The number of hydrogen-bond acceptors (Lipinski definition) is 4. The predicted octanol–water partition coefficient (Wildman–Crippen LogP) is 1.78. The zero-order valence-corrected chi connectivity index (χ0v) is 10.6. The van der Waals surface area contributed by atoms with Crippen molar-refractivity contribution < 1.29 is 9.18 Å². The molecule has 20 heavy (non-hydrogen) atoms. The zero-order chi connectivity index (χ0) is 14.2. The lowest BCUT2D eigenvalue weighted by Gasteiger charge is -2.04. The highest BCUT2D eigenvalue weighted by atomic mass is 19.1. The molecule has 0 aliphatic carbocycles. The second-order valence-corrected chi connectivity index (χ2v) is 3.94. The van der Waals surface area contributed by atoms with E-state index >= 15 is 0 Å². The minimum Gasteiger partial charge on any atom is -0.376 e. The SMILES string of the molecule is O=C(CNc1cccc(F)c1)N/N=C/c1ccncc1. The third-order valence-corrected chi connectivity index (χ3v) is 2.39. The summed E-state index contributed by atoms with van der Waals surface area (Å²) in [4.78, 5) is 15.4. The Morgan fingerprint density at radius 2 is 2.10 bits per heavy atom. The molecule has 1 heterocycles. The van der Waals surface area contributed by atoms with Crippen molar-refractivity contribution in [2.75, 3.05) is 11.9 Å². The van der Waals surface area contributed by atoms with Crippen LogP contribution in [0.5, 0.6) is 0 Å². The van der Waals surface area contributed by atoms with E-state index in [2.05, 4.69) is 20.8 Å². The highest BCUT2D eigenvalue weighted by Gasteiger charge is 2.00. The number of hydrogen-bond donors (Lipinski definition) is 2. The predicted molar refractivity (Wildman–Crippen MR) is 74.9 cm³/mol. The number of aromatic nitrogens is 1. The number of pyridine rings is 1. The van der Waals surface area contributed by atoms with Crippen molar-refractivity contribution in [3.05, 3.63) is 60.2 Å². The van der Waals surface area contributed by atoms with Gasteiger partial charge in [0.05, 0.1) is 12.8 Å². The lowest BCUT2D eigenvalue weighted by molar-refractivity contribution is -0.119. The summed E-state index contributed by atoms with van der Waals surface area (Å²) in [7, 11) is 0. The van der Waals surface area contributed by atoms with Crippen molar-refractivity contribution in [1.82, 2.24) is 10.4 Å². The lowest BCUT2D eigenvalue weighted by atomic mass is 10.3. The first-order valence-electron chi connectivity index (χ1n) is 5.95. The van der Waals surface area contributed by atoms with Crippen molar-refractivity contribution >= 4 is 17.8 Å². The van der Waals surface area contributed by atoms with Crippen LogP contribution in [0, 0.1) is 5.82 Å². The van der Waals surface area contributed by atoms with E-state index in [0.29, 0.717) is 5.69 Å². The van der Waals surface area contributed by atoms with Crippen LogP contribution in [-0.4, -0.2) is 23.7 Å². The fraction of sp³-hybridized carbons (Fsp3) is 0.0714. The van der Waals surface area contributed by atoms with Crippen LogP contribution < -0.4 is 10.7 Å². The number of amides is 1. The van der Waals surface area contributed by atoms with E-state index in [1.807, 2.05) is 0 Å². The summed E-state index contributed by atoms with van der Waals surface area (Å²) in [5.74, 6) is -0.675. The van der Waals surface area contributed by atoms with Crippen LogP contribution in [0.3, 0.4) is 0 Å². The third kappa shape index (κ3) is 4.49. The molecular formula is C14H13FN4O. The van der Waals surface area contributed by atoms with Gasteiger partial charge in [-0.2, -0.15) is 5.10 Å². The Balaban J connectivity index is 1.77. The van der Waals surface area contributed by atoms with Crippen molar-refractivity contribution in [2.24, 2.45) is 5.10 Å². The minimum atomic E-state index is -0.355. The van der Waals surface area contributed by atoms with Crippen LogP contribution in [0.15, 0.2) is 53.9 Å². The molecule has 1 amide bonds. The third-order valence-electron chi connectivity index (χ3n) is 2.39. The van der Waals surface area contributed by atoms with Crippen molar-refractivity contribution in [3.8, 4) is 0 Å². The summed E-state index contributed by atoms with van der Waals surface area (Å²) in [5, 5.41) is 6.60. The number of hydrazone groups is 1. The van der Waals surface area contributed by atoms with E-state index in [9.17, 15) is 9.18 Å². The van der Waals surface area contributed by atoms with Crippen LogP contribution in [-0.2, 0) is 4.79 Å². The molecular weight excluding hydrogens is 259 g/mol. The number of carbonyl (C=O) groups excluding carboxylic acids is 1. The zero-order valence-electron chi connectivity index (χ0n) is 10.6. The Morgan fingerprint density at radius 1 is 1.30 bits per heavy atom. The number of carbonyl (C=O) groups is 1.